The fraction of sp³-hybridized carbons (Fsp3) is 0.929. The van der Waals surface area contributed by atoms with E-state index in [4.69, 9.17) is 0 Å². The molecule has 1 saturated carbocycles. The van der Waals surface area contributed by atoms with Gasteiger partial charge in [0.05, 0.1) is 6.54 Å². The molecule has 0 radical (unpaired) electrons. The molecule has 4 nitrogen and oxygen atoms in total. The molecule has 0 aromatic rings. The lowest BCUT2D eigenvalue weighted by Gasteiger charge is -2.32. The summed E-state index contributed by atoms with van der Waals surface area (Å²) in [5.41, 5.74) is 0. The molecule has 0 aromatic heterocycles. The van der Waals surface area contributed by atoms with Crippen molar-refractivity contribution in [2.45, 2.75) is 44.6 Å². The SMILES string of the molecule is CN(C(=O)CN1CCCNCC1)C1CCCCC1.Cl. The van der Waals surface area contributed by atoms with Crippen LogP contribution in [0.25, 0.3) is 0 Å². The van der Waals surface area contributed by atoms with Crippen LogP contribution < -0.4 is 5.32 Å². The largest absolute Gasteiger partial charge is 0.342 e. The second kappa shape index (κ2) is 8.77. The van der Waals surface area contributed by atoms with E-state index >= 15 is 0 Å². The van der Waals surface area contributed by atoms with E-state index in [0.29, 0.717) is 18.5 Å². The molecule has 0 aromatic carbocycles. The average molecular weight is 290 g/mol. The first kappa shape index (κ1) is 16.7. The molecule has 0 atom stereocenters. The molecule has 1 aliphatic carbocycles. The zero-order chi connectivity index (χ0) is 12.8. The van der Waals surface area contributed by atoms with Crippen molar-refractivity contribution >= 4 is 18.3 Å². The van der Waals surface area contributed by atoms with E-state index in [1.165, 1.54) is 32.1 Å². The quantitative estimate of drug-likeness (QED) is 0.855. The zero-order valence-electron chi connectivity index (χ0n) is 12.1. The molecule has 1 N–H and O–H groups in total. The van der Waals surface area contributed by atoms with E-state index in [2.05, 4.69) is 10.2 Å². The smallest absolute Gasteiger partial charge is 0.236 e. The van der Waals surface area contributed by atoms with Gasteiger partial charge in [-0.25, -0.2) is 0 Å². The number of nitrogens with one attached hydrogen (secondary N) is 1. The normalized spacial score (nSPS) is 22.4. The van der Waals surface area contributed by atoms with Crippen molar-refractivity contribution in [2.75, 3.05) is 39.8 Å². The lowest BCUT2D eigenvalue weighted by Crippen LogP contribution is -2.44. The first-order valence-electron chi connectivity index (χ1n) is 7.46. The van der Waals surface area contributed by atoms with Crippen molar-refractivity contribution in [3.63, 3.8) is 0 Å². The second-order valence-electron chi connectivity index (χ2n) is 5.68. The standard InChI is InChI=1S/C14H27N3O.ClH/c1-16(13-6-3-2-4-7-13)14(18)12-17-10-5-8-15-9-11-17;/h13,15H,2-12H2,1H3;1H. The van der Waals surface area contributed by atoms with Gasteiger partial charge < -0.3 is 10.2 Å². The van der Waals surface area contributed by atoms with Crippen LogP contribution in [0, 0.1) is 0 Å². The third kappa shape index (κ3) is 5.28. The van der Waals surface area contributed by atoms with E-state index in [9.17, 15) is 4.79 Å². The van der Waals surface area contributed by atoms with Gasteiger partial charge in [-0.3, -0.25) is 9.69 Å². The number of amides is 1. The summed E-state index contributed by atoms with van der Waals surface area (Å²) in [7, 11) is 1.99. The van der Waals surface area contributed by atoms with Crippen LogP contribution in [0.2, 0.25) is 0 Å². The van der Waals surface area contributed by atoms with Crippen LogP contribution in [0.5, 0.6) is 0 Å². The molecule has 0 bridgehead atoms. The summed E-state index contributed by atoms with van der Waals surface area (Å²) in [5, 5.41) is 3.38. The van der Waals surface area contributed by atoms with Gasteiger partial charge >= 0.3 is 0 Å². The Morgan fingerprint density at radius 3 is 2.63 bits per heavy atom. The van der Waals surface area contributed by atoms with Crippen LogP contribution >= 0.6 is 12.4 Å². The van der Waals surface area contributed by atoms with E-state index in [0.717, 1.165) is 32.6 Å². The van der Waals surface area contributed by atoms with Crippen molar-refractivity contribution in [1.29, 1.82) is 0 Å². The maximum atomic E-state index is 12.3. The van der Waals surface area contributed by atoms with Crippen LogP contribution in [0.15, 0.2) is 0 Å². The molecule has 0 unspecified atom stereocenters. The Balaban J connectivity index is 0.00000180. The summed E-state index contributed by atoms with van der Waals surface area (Å²) in [4.78, 5) is 16.6. The Bertz CT molecular complexity index is 261. The minimum Gasteiger partial charge on any atom is -0.342 e. The van der Waals surface area contributed by atoms with Crippen molar-refractivity contribution in [2.24, 2.45) is 0 Å². The zero-order valence-corrected chi connectivity index (χ0v) is 12.9. The Kier molecular flexibility index (Phi) is 7.73. The molecule has 19 heavy (non-hydrogen) atoms. The summed E-state index contributed by atoms with van der Waals surface area (Å²) >= 11 is 0. The van der Waals surface area contributed by atoms with Gasteiger partial charge in [0.25, 0.3) is 0 Å². The highest BCUT2D eigenvalue weighted by atomic mass is 35.5. The van der Waals surface area contributed by atoms with Crippen LogP contribution in [0.1, 0.15) is 38.5 Å². The lowest BCUT2D eigenvalue weighted by molar-refractivity contribution is -0.133. The van der Waals surface area contributed by atoms with Crippen LogP contribution in [0.4, 0.5) is 0 Å². The number of hydrogen-bond acceptors (Lipinski definition) is 3. The Morgan fingerprint density at radius 1 is 1.16 bits per heavy atom. The predicted molar refractivity (Wildman–Crippen MR) is 80.8 cm³/mol. The molecular formula is C14H28ClN3O. The molecule has 1 saturated heterocycles. The van der Waals surface area contributed by atoms with E-state index in [1.54, 1.807) is 0 Å². The monoisotopic (exact) mass is 289 g/mol. The van der Waals surface area contributed by atoms with Crippen LogP contribution in [0.3, 0.4) is 0 Å². The topological polar surface area (TPSA) is 35.6 Å². The molecule has 2 fully saturated rings. The molecule has 0 spiro atoms. The summed E-state index contributed by atoms with van der Waals surface area (Å²) in [6.07, 6.45) is 7.47. The highest BCUT2D eigenvalue weighted by Crippen LogP contribution is 2.21. The molecule has 1 amide bonds. The van der Waals surface area contributed by atoms with Gasteiger partial charge in [0.2, 0.25) is 5.91 Å². The number of halogens is 1. The molecule has 2 rings (SSSR count). The van der Waals surface area contributed by atoms with Crippen molar-refractivity contribution < 1.29 is 4.79 Å². The Hall–Kier alpha value is -0.320. The molecule has 2 aliphatic rings. The third-order valence-electron chi connectivity index (χ3n) is 4.31. The van der Waals surface area contributed by atoms with Crippen molar-refractivity contribution in [3.8, 4) is 0 Å². The maximum absolute atomic E-state index is 12.3. The maximum Gasteiger partial charge on any atom is 0.236 e. The number of hydrogen-bond donors (Lipinski definition) is 1. The first-order chi connectivity index (χ1) is 8.77. The van der Waals surface area contributed by atoms with Crippen LogP contribution in [-0.4, -0.2) is 61.5 Å². The molecule has 1 heterocycles. The summed E-state index contributed by atoms with van der Waals surface area (Å²) < 4.78 is 0. The number of likely N-dealkylation sites (N-methyl/N-ethyl adjacent to an activating group) is 1. The van der Waals surface area contributed by atoms with Crippen molar-refractivity contribution in [1.82, 2.24) is 15.1 Å². The fourth-order valence-electron chi connectivity index (χ4n) is 3.03. The molecule has 5 heteroatoms. The van der Waals surface area contributed by atoms with Gasteiger partial charge in [0.1, 0.15) is 0 Å². The molecular weight excluding hydrogens is 262 g/mol. The van der Waals surface area contributed by atoms with Gasteiger partial charge in [-0.1, -0.05) is 19.3 Å². The Labute approximate surface area is 123 Å². The highest BCUT2D eigenvalue weighted by molar-refractivity contribution is 5.85. The van der Waals surface area contributed by atoms with Crippen LogP contribution in [-0.2, 0) is 4.79 Å². The van der Waals surface area contributed by atoms with E-state index in [1.807, 2.05) is 11.9 Å². The first-order valence-corrected chi connectivity index (χ1v) is 7.46. The lowest BCUT2D eigenvalue weighted by atomic mass is 9.94. The minimum absolute atomic E-state index is 0. The summed E-state index contributed by atoms with van der Waals surface area (Å²) in [5.74, 6) is 0.309. The van der Waals surface area contributed by atoms with E-state index < -0.39 is 0 Å². The third-order valence-corrected chi connectivity index (χ3v) is 4.31. The van der Waals surface area contributed by atoms with Gasteiger partial charge in [-0.15, -0.1) is 12.4 Å². The fourth-order valence-corrected chi connectivity index (χ4v) is 3.03. The number of carbonyl (C=O) groups is 1. The predicted octanol–water partition coefficient (Wildman–Crippen LogP) is 1.49. The minimum atomic E-state index is 0. The highest BCUT2D eigenvalue weighted by Gasteiger charge is 2.23. The number of rotatable bonds is 3. The van der Waals surface area contributed by atoms with Gasteiger partial charge in [0.15, 0.2) is 0 Å². The molecule has 112 valence electrons. The van der Waals surface area contributed by atoms with Crippen molar-refractivity contribution in [3.05, 3.63) is 0 Å². The Morgan fingerprint density at radius 2 is 1.89 bits per heavy atom. The van der Waals surface area contributed by atoms with E-state index in [-0.39, 0.29) is 12.4 Å². The molecule has 1 aliphatic heterocycles. The number of nitrogens with zero attached hydrogens (tertiary/aromatic N) is 2. The van der Waals surface area contributed by atoms with Gasteiger partial charge in [-0.05, 0) is 32.4 Å². The summed E-state index contributed by atoms with van der Waals surface area (Å²) in [6, 6.07) is 0.497. The number of carbonyl (C=O) groups excluding carboxylic acids is 1. The average Bonchev–Trinajstić information content (AvgIpc) is 2.67. The van der Waals surface area contributed by atoms with Gasteiger partial charge in [-0.2, -0.15) is 0 Å². The van der Waals surface area contributed by atoms with Gasteiger partial charge in [0, 0.05) is 26.2 Å². The summed E-state index contributed by atoms with van der Waals surface area (Å²) in [6.45, 7) is 4.76. The second-order valence-corrected chi connectivity index (χ2v) is 5.68.